The average Bonchev–Trinajstić information content (AvgIpc) is 2.75. The molecule has 1 aliphatic rings. The highest BCUT2D eigenvalue weighted by molar-refractivity contribution is 7.90. The van der Waals surface area contributed by atoms with Crippen LogP contribution in [0.5, 0.6) is 0 Å². The van der Waals surface area contributed by atoms with Gasteiger partial charge in [-0.1, -0.05) is 13.8 Å². The lowest BCUT2D eigenvalue weighted by Gasteiger charge is -2.15. The zero-order valence-electron chi connectivity index (χ0n) is 10.5. The van der Waals surface area contributed by atoms with Crippen molar-refractivity contribution in [3.8, 4) is 6.07 Å². The molecule has 6 heteroatoms. The number of likely N-dealkylation sites (tertiary alicyclic amines) is 1. The largest absolute Gasteiger partial charge is 0.303 e. The number of nitrogens with zero attached hydrogens (tertiary/aromatic N) is 2. The van der Waals surface area contributed by atoms with Gasteiger partial charge in [-0.25, -0.2) is 13.1 Å². The van der Waals surface area contributed by atoms with E-state index in [4.69, 9.17) is 5.26 Å². The fourth-order valence-electron chi connectivity index (χ4n) is 2.08. The fourth-order valence-corrected chi connectivity index (χ4v) is 3.33. The van der Waals surface area contributed by atoms with Crippen molar-refractivity contribution in [2.24, 2.45) is 5.92 Å². The summed E-state index contributed by atoms with van der Waals surface area (Å²) in [6, 6.07) is 1.83. The van der Waals surface area contributed by atoms with Crippen LogP contribution in [-0.2, 0) is 10.0 Å². The molecule has 0 aromatic carbocycles. The van der Waals surface area contributed by atoms with Gasteiger partial charge in [-0.2, -0.15) is 5.26 Å². The predicted octanol–water partition coefficient (Wildman–Crippen LogP) is 0.550. The minimum Gasteiger partial charge on any atom is -0.303 e. The molecule has 2 atom stereocenters. The van der Waals surface area contributed by atoms with Gasteiger partial charge in [0.25, 0.3) is 0 Å². The molecule has 98 valence electrons. The molecular formula is C11H21N3O2S. The third-order valence-electron chi connectivity index (χ3n) is 3.28. The molecule has 2 unspecified atom stereocenters. The molecular weight excluding hydrogens is 238 g/mol. The van der Waals surface area contributed by atoms with E-state index in [2.05, 4.69) is 16.5 Å². The maximum Gasteiger partial charge on any atom is 0.227 e. The van der Waals surface area contributed by atoms with E-state index in [1.165, 1.54) is 0 Å². The minimum atomic E-state index is -3.46. The SMILES string of the molecule is CCC(C#N)S(=O)(=O)NCC1CCN(CC)C1. The Hall–Kier alpha value is -0.640. The van der Waals surface area contributed by atoms with Gasteiger partial charge in [0, 0.05) is 13.1 Å². The predicted molar refractivity (Wildman–Crippen MR) is 66.8 cm³/mol. The molecule has 1 N–H and O–H groups in total. The lowest BCUT2D eigenvalue weighted by molar-refractivity contribution is 0.342. The van der Waals surface area contributed by atoms with Crippen molar-refractivity contribution >= 4 is 10.0 Å². The zero-order valence-corrected chi connectivity index (χ0v) is 11.3. The summed E-state index contributed by atoms with van der Waals surface area (Å²) in [5.41, 5.74) is 0. The highest BCUT2D eigenvalue weighted by Crippen LogP contribution is 2.15. The molecule has 1 rings (SSSR count). The molecule has 1 fully saturated rings. The Morgan fingerprint density at radius 3 is 2.71 bits per heavy atom. The monoisotopic (exact) mass is 259 g/mol. The number of hydrogen-bond donors (Lipinski definition) is 1. The van der Waals surface area contributed by atoms with E-state index in [9.17, 15) is 8.42 Å². The van der Waals surface area contributed by atoms with Crippen LogP contribution in [0.1, 0.15) is 26.7 Å². The number of nitrogens with one attached hydrogen (secondary N) is 1. The summed E-state index contributed by atoms with van der Waals surface area (Å²) in [6.07, 6.45) is 1.36. The van der Waals surface area contributed by atoms with E-state index in [-0.39, 0.29) is 0 Å². The lowest BCUT2D eigenvalue weighted by atomic mass is 10.1. The highest BCUT2D eigenvalue weighted by Gasteiger charge is 2.26. The number of hydrogen-bond acceptors (Lipinski definition) is 4. The lowest BCUT2D eigenvalue weighted by Crippen LogP contribution is -2.37. The summed E-state index contributed by atoms with van der Waals surface area (Å²) >= 11 is 0. The minimum absolute atomic E-state index is 0.331. The topological polar surface area (TPSA) is 73.2 Å². The highest BCUT2D eigenvalue weighted by atomic mass is 32.2. The van der Waals surface area contributed by atoms with Crippen molar-refractivity contribution in [2.45, 2.75) is 31.9 Å². The smallest absolute Gasteiger partial charge is 0.227 e. The first kappa shape index (κ1) is 14.4. The van der Waals surface area contributed by atoms with Crippen molar-refractivity contribution in [3.63, 3.8) is 0 Å². The molecule has 17 heavy (non-hydrogen) atoms. The van der Waals surface area contributed by atoms with Crippen LogP contribution in [0, 0.1) is 17.2 Å². The summed E-state index contributed by atoms with van der Waals surface area (Å²) in [6.45, 7) is 7.27. The van der Waals surface area contributed by atoms with Crippen molar-refractivity contribution in [2.75, 3.05) is 26.2 Å². The van der Waals surface area contributed by atoms with E-state index < -0.39 is 15.3 Å². The van der Waals surface area contributed by atoms with Crippen LogP contribution in [0.4, 0.5) is 0 Å². The molecule has 1 aliphatic heterocycles. The van der Waals surface area contributed by atoms with E-state index in [1.54, 1.807) is 6.92 Å². The quantitative estimate of drug-likeness (QED) is 0.756. The molecule has 0 amide bonds. The van der Waals surface area contributed by atoms with Crippen LogP contribution in [0.3, 0.4) is 0 Å². The Bertz CT molecular complexity index is 375. The van der Waals surface area contributed by atoms with Gasteiger partial charge in [0.05, 0.1) is 6.07 Å². The molecule has 0 aliphatic carbocycles. The second kappa shape index (κ2) is 6.34. The van der Waals surface area contributed by atoms with Gasteiger partial charge in [0.15, 0.2) is 5.25 Å². The van der Waals surface area contributed by atoms with E-state index in [0.29, 0.717) is 18.9 Å². The average molecular weight is 259 g/mol. The second-order valence-corrected chi connectivity index (χ2v) is 6.42. The first-order valence-electron chi connectivity index (χ1n) is 6.13. The summed E-state index contributed by atoms with van der Waals surface area (Å²) in [5.74, 6) is 0.376. The molecule has 5 nitrogen and oxygen atoms in total. The first-order chi connectivity index (χ1) is 8.03. The van der Waals surface area contributed by atoms with Gasteiger partial charge in [-0.15, -0.1) is 0 Å². The molecule has 0 aromatic heterocycles. The molecule has 0 aromatic rings. The number of rotatable bonds is 6. The van der Waals surface area contributed by atoms with Gasteiger partial charge < -0.3 is 4.90 Å². The summed E-state index contributed by atoms with van der Waals surface area (Å²) in [4.78, 5) is 2.31. The molecule has 1 heterocycles. The Kier molecular flexibility index (Phi) is 5.37. The van der Waals surface area contributed by atoms with E-state index in [0.717, 1.165) is 26.1 Å². The van der Waals surface area contributed by atoms with E-state index >= 15 is 0 Å². The van der Waals surface area contributed by atoms with Crippen LogP contribution in [-0.4, -0.2) is 44.7 Å². The fraction of sp³-hybridized carbons (Fsp3) is 0.909. The summed E-state index contributed by atoms with van der Waals surface area (Å²) in [5, 5.41) is 7.83. The van der Waals surface area contributed by atoms with Crippen LogP contribution >= 0.6 is 0 Å². The van der Waals surface area contributed by atoms with Crippen LogP contribution in [0.15, 0.2) is 0 Å². The third kappa shape index (κ3) is 3.95. The van der Waals surface area contributed by atoms with Gasteiger partial charge in [-0.3, -0.25) is 0 Å². The first-order valence-corrected chi connectivity index (χ1v) is 7.68. The Morgan fingerprint density at radius 2 is 2.24 bits per heavy atom. The van der Waals surface area contributed by atoms with Crippen LogP contribution in [0.2, 0.25) is 0 Å². The molecule has 1 saturated heterocycles. The van der Waals surface area contributed by atoms with Gasteiger partial charge >= 0.3 is 0 Å². The van der Waals surface area contributed by atoms with Crippen molar-refractivity contribution < 1.29 is 8.42 Å². The normalized spacial score (nSPS) is 23.5. The number of sulfonamides is 1. The summed E-state index contributed by atoms with van der Waals surface area (Å²) < 4.78 is 26.1. The molecule has 0 spiro atoms. The summed E-state index contributed by atoms with van der Waals surface area (Å²) in [7, 11) is -3.46. The maximum absolute atomic E-state index is 11.8. The van der Waals surface area contributed by atoms with Crippen molar-refractivity contribution in [1.82, 2.24) is 9.62 Å². The Morgan fingerprint density at radius 1 is 1.53 bits per heavy atom. The second-order valence-electron chi connectivity index (χ2n) is 4.47. The standard InChI is InChI=1S/C11H21N3O2S/c1-3-11(7-12)17(15,16)13-8-10-5-6-14(4-2)9-10/h10-11,13H,3-6,8-9H2,1-2H3. The van der Waals surface area contributed by atoms with Crippen molar-refractivity contribution in [1.29, 1.82) is 5.26 Å². The van der Waals surface area contributed by atoms with Gasteiger partial charge in [0.1, 0.15) is 0 Å². The molecule has 0 radical (unpaired) electrons. The van der Waals surface area contributed by atoms with Crippen LogP contribution < -0.4 is 4.72 Å². The van der Waals surface area contributed by atoms with E-state index in [1.807, 2.05) is 6.07 Å². The van der Waals surface area contributed by atoms with Crippen LogP contribution in [0.25, 0.3) is 0 Å². The third-order valence-corrected chi connectivity index (χ3v) is 5.04. The van der Waals surface area contributed by atoms with Gasteiger partial charge in [-0.05, 0) is 31.8 Å². The molecule has 0 saturated carbocycles. The zero-order chi connectivity index (χ0) is 12.9. The van der Waals surface area contributed by atoms with Gasteiger partial charge in [0.2, 0.25) is 10.0 Å². The molecule has 0 bridgehead atoms. The Labute approximate surface area is 104 Å². The maximum atomic E-state index is 11.8. The number of nitriles is 1. The Balaban J connectivity index is 2.43. The van der Waals surface area contributed by atoms with Crippen molar-refractivity contribution in [3.05, 3.63) is 0 Å².